The van der Waals surface area contributed by atoms with Gasteiger partial charge in [-0.15, -0.1) is 0 Å². The summed E-state index contributed by atoms with van der Waals surface area (Å²) in [6.45, 7) is 7.04. The molecule has 0 unspecified atom stereocenters. The van der Waals surface area contributed by atoms with Crippen LogP contribution < -0.4 is 10.6 Å². The Morgan fingerprint density at radius 3 is 2.31 bits per heavy atom. The Bertz CT molecular complexity index is 818. The van der Waals surface area contributed by atoms with E-state index in [-0.39, 0.29) is 23.8 Å². The number of aromatic amines is 1. The highest BCUT2D eigenvalue weighted by molar-refractivity contribution is 6.06. The lowest BCUT2D eigenvalue weighted by Crippen LogP contribution is -2.28. The first kappa shape index (κ1) is 19.2. The van der Waals surface area contributed by atoms with E-state index in [4.69, 9.17) is 10.5 Å². The largest absolute Gasteiger partial charge is 0.456 e. The number of rotatable bonds is 5. The first-order chi connectivity index (χ1) is 12.1. The number of nitrogens with two attached hydrogens (primary N) is 1. The lowest BCUT2D eigenvalue weighted by Gasteiger charge is -2.22. The zero-order valence-corrected chi connectivity index (χ0v) is 15.2. The number of H-pyrrole nitrogens is 1. The van der Waals surface area contributed by atoms with Crippen molar-refractivity contribution >= 4 is 29.3 Å². The van der Waals surface area contributed by atoms with Crippen molar-refractivity contribution in [2.24, 2.45) is 5.73 Å². The van der Waals surface area contributed by atoms with Crippen molar-refractivity contribution in [1.29, 1.82) is 0 Å². The number of carbonyl (C=O) groups is 3. The Hall–Kier alpha value is -3.16. The highest BCUT2D eigenvalue weighted by Gasteiger charge is 2.25. The van der Waals surface area contributed by atoms with Crippen molar-refractivity contribution in [2.75, 3.05) is 4.90 Å². The molecule has 138 valence electrons. The summed E-state index contributed by atoms with van der Waals surface area (Å²) in [7, 11) is 0. The molecule has 1 heterocycles. The molecular formula is C18H22N4O4. The SMILES string of the molecule is CCC(=O)N(c1ccc(C(=O)OC(C)(C)C)cc1)c1nc[nH]c1C(N)=O. The van der Waals surface area contributed by atoms with Crippen LogP contribution in [0.15, 0.2) is 30.6 Å². The van der Waals surface area contributed by atoms with Gasteiger partial charge >= 0.3 is 5.97 Å². The van der Waals surface area contributed by atoms with Crippen LogP contribution >= 0.6 is 0 Å². The van der Waals surface area contributed by atoms with E-state index in [9.17, 15) is 14.4 Å². The summed E-state index contributed by atoms with van der Waals surface area (Å²) in [6, 6.07) is 6.28. The topological polar surface area (TPSA) is 118 Å². The molecule has 0 fully saturated rings. The molecular weight excluding hydrogens is 336 g/mol. The number of anilines is 2. The molecule has 2 aromatic rings. The van der Waals surface area contributed by atoms with Gasteiger partial charge in [0, 0.05) is 6.42 Å². The maximum atomic E-state index is 12.4. The summed E-state index contributed by atoms with van der Waals surface area (Å²) in [4.78, 5) is 44.1. The maximum Gasteiger partial charge on any atom is 0.338 e. The highest BCUT2D eigenvalue weighted by atomic mass is 16.6. The third-order valence-electron chi connectivity index (χ3n) is 3.39. The van der Waals surface area contributed by atoms with Crippen molar-refractivity contribution in [3.63, 3.8) is 0 Å². The first-order valence-corrected chi connectivity index (χ1v) is 8.13. The molecule has 3 N–H and O–H groups in total. The summed E-state index contributed by atoms with van der Waals surface area (Å²) >= 11 is 0. The van der Waals surface area contributed by atoms with E-state index < -0.39 is 17.5 Å². The second-order valence-electron chi connectivity index (χ2n) is 6.60. The van der Waals surface area contributed by atoms with Gasteiger partial charge in [0.15, 0.2) is 5.82 Å². The molecule has 26 heavy (non-hydrogen) atoms. The quantitative estimate of drug-likeness (QED) is 0.796. The molecule has 0 bridgehead atoms. The molecule has 0 aliphatic carbocycles. The van der Waals surface area contributed by atoms with E-state index in [1.165, 1.54) is 11.2 Å². The Balaban J connectivity index is 2.38. The lowest BCUT2D eigenvalue weighted by molar-refractivity contribution is -0.117. The summed E-state index contributed by atoms with van der Waals surface area (Å²) < 4.78 is 5.32. The molecule has 0 atom stereocenters. The molecule has 0 saturated carbocycles. The molecule has 0 aliphatic rings. The third kappa shape index (κ3) is 4.27. The number of amides is 2. The molecule has 2 amide bonds. The number of esters is 1. The number of aromatic nitrogens is 2. The van der Waals surface area contributed by atoms with Crippen LogP contribution in [-0.2, 0) is 9.53 Å². The summed E-state index contributed by atoms with van der Waals surface area (Å²) in [5.41, 5.74) is 5.56. The second kappa shape index (κ2) is 7.38. The van der Waals surface area contributed by atoms with Crippen molar-refractivity contribution < 1.29 is 19.1 Å². The number of carbonyl (C=O) groups excluding carboxylic acids is 3. The summed E-state index contributed by atoms with van der Waals surface area (Å²) in [6.07, 6.45) is 1.49. The number of primary amides is 1. The number of benzene rings is 1. The average molecular weight is 358 g/mol. The van der Waals surface area contributed by atoms with Gasteiger partial charge in [0.05, 0.1) is 17.6 Å². The molecule has 8 nitrogen and oxygen atoms in total. The number of hydrogen-bond donors (Lipinski definition) is 2. The van der Waals surface area contributed by atoms with Crippen molar-refractivity contribution in [2.45, 2.75) is 39.7 Å². The molecule has 8 heteroatoms. The number of ether oxygens (including phenoxy) is 1. The number of hydrogen-bond acceptors (Lipinski definition) is 5. The second-order valence-corrected chi connectivity index (χ2v) is 6.60. The van der Waals surface area contributed by atoms with Gasteiger partial charge in [0.2, 0.25) is 5.91 Å². The lowest BCUT2D eigenvalue weighted by atomic mass is 10.1. The third-order valence-corrected chi connectivity index (χ3v) is 3.39. The minimum atomic E-state index is -0.725. The van der Waals surface area contributed by atoms with Crippen LogP contribution in [0.1, 0.15) is 55.0 Å². The monoisotopic (exact) mass is 358 g/mol. The van der Waals surface area contributed by atoms with E-state index in [1.54, 1.807) is 52.0 Å². The molecule has 1 aromatic heterocycles. The smallest absolute Gasteiger partial charge is 0.338 e. The number of imidazole rings is 1. The van der Waals surface area contributed by atoms with Crippen LogP contribution in [0.2, 0.25) is 0 Å². The van der Waals surface area contributed by atoms with Crippen LogP contribution in [0.4, 0.5) is 11.5 Å². The van der Waals surface area contributed by atoms with E-state index in [0.29, 0.717) is 11.3 Å². The minimum Gasteiger partial charge on any atom is -0.456 e. The fourth-order valence-corrected chi connectivity index (χ4v) is 2.26. The minimum absolute atomic E-state index is 0.0306. The van der Waals surface area contributed by atoms with Crippen molar-refractivity contribution in [3.05, 3.63) is 41.9 Å². The van der Waals surface area contributed by atoms with Gasteiger partial charge in [-0.3, -0.25) is 14.5 Å². The summed E-state index contributed by atoms with van der Waals surface area (Å²) in [5.74, 6) is -1.34. The average Bonchev–Trinajstić information content (AvgIpc) is 3.03. The maximum absolute atomic E-state index is 12.4. The zero-order valence-electron chi connectivity index (χ0n) is 15.2. The van der Waals surface area contributed by atoms with Gasteiger partial charge < -0.3 is 15.5 Å². The predicted octanol–water partition coefficient (Wildman–Crippen LogP) is 2.54. The van der Waals surface area contributed by atoms with Gasteiger partial charge in [-0.1, -0.05) is 6.92 Å². The van der Waals surface area contributed by atoms with Crippen LogP contribution in [0.25, 0.3) is 0 Å². The van der Waals surface area contributed by atoms with Gasteiger partial charge in [0.25, 0.3) is 5.91 Å². The van der Waals surface area contributed by atoms with Crippen molar-refractivity contribution in [1.82, 2.24) is 9.97 Å². The predicted molar refractivity (Wildman–Crippen MR) is 96.2 cm³/mol. The molecule has 0 spiro atoms. The standard InChI is InChI=1S/C18H22N4O4/c1-5-13(23)22(16-14(15(19)24)20-10-21-16)12-8-6-11(7-9-12)17(25)26-18(2,3)4/h6-10H,5H2,1-4H3,(H2,19,24)(H,20,21). The Morgan fingerprint density at radius 1 is 1.19 bits per heavy atom. The Kier molecular flexibility index (Phi) is 5.44. The van der Waals surface area contributed by atoms with E-state index >= 15 is 0 Å². The fourth-order valence-electron chi connectivity index (χ4n) is 2.26. The van der Waals surface area contributed by atoms with Gasteiger partial charge in [-0.25, -0.2) is 9.78 Å². The molecule has 0 aliphatic heterocycles. The molecule has 2 rings (SSSR count). The number of nitrogens with zero attached hydrogens (tertiary/aromatic N) is 2. The normalized spacial score (nSPS) is 11.1. The van der Waals surface area contributed by atoms with Crippen LogP contribution in [0.3, 0.4) is 0 Å². The Labute approximate surface area is 151 Å². The van der Waals surface area contributed by atoms with Gasteiger partial charge in [-0.05, 0) is 45.0 Å². The highest BCUT2D eigenvalue weighted by Crippen LogP contribution is 2.27. The summed E-state index contributed by atoms with van der Waals surface area (Å²) in [5, 5.41) is 0. The molecule has 0 saturated heterocycles. The van der Waals surface area contributed by atoms with Gasteiger partial charge in [0.1, 0.15) is 11.3 Å². The Morgan fingerprint density at radius 2 is 1.81 bits per heavy atom. The zero-order chi connectivity index (χ0) is 19.5. The van der Waals surface area contributed by atoms with E-state index in [0.717, 1.165) is 0 Å². The van der Waals surface area contributed by atoms with E-state index in [2.05, 4.69) is 9.97 Å². The van der Waals surface area contributed by atoms with Gasteiger partial charge in [-0.2, -0.15) is 0 Å². The first-order valence-electron chi connectivity index (χ1n) is 8.13. The molecule has 0 radical (unpaired) electrons. The van der Waals surface area contributed by atoms with Crippen molar-refractivity contribution in [3.8, 4) is 0 Å². The van der Waals surface area contributed by atoms with Crippen LogP contribution in [-0.4, -0.2) is 33.4 Å². The van der Waals surface area contributed by atoms with Crippen LogP contribution in [0, 0.1) is 0 Å². The molecule has 1 aromatic carbocycles. The number of nitrogens with one attached hydrogen (secondary N) is 1. The van der Waals surface area contributed by atoms with E-state index in [1.807, 2.05) is 0 Å². The fraction of sp³-hybridized carbons (Fsp3) is 0.333. The van der Waals surface area contributed by atoms with Crippen LogP contribution in [0.5, 0.6) is 0 Å².